The molecule has 0 aromatic heterocycles. The molecule has 0 radical (unpaired) electrons. The molecule has 138 valence electrons. The summed E-state index contributed by atoms with van der Waals surface area (Å²) in [5.41, 5.74) is 11.4. The molecule has 2 N–H and O–H groups in total. The fraction of sp³-hybridized carbons (Fsp3) is 0.440. The predicted molar refractivity (Wildman–Crippen MR) is 114 cm³/mol. The molecule has 1 nitrogen and oxygen atoms in total. The largest absolute Gasteiger partial charge is 0.322 e. The van der Waals surface area contributed by atoms with Gasteiger partial charge in [-0.2, -0.15) is 0 Å². The zero-order chi connectivity index (χ0) is 18.4. The zero-order valence-corrected chi connectivity index (χ0v) is 16.4. The minimum Gasteiger partial charge on any atom is -0.322 e. The topological polar surface area (TPSA) is 26.0 Å². The van der Waals surface area contributed by atoms with Crippen molar-refractivity contribution in [1.82, 2.24) is 0 Å². The molecular formula is C25H33N. The van der Waals surface area contributed by atoms with E-state index in [1.807, 2.05) is 0 Å². The highest BCUT2D eigenvalue weighted by Gasteiger charge is 2.19. The van der Waals surface area contributed by atoms with Gasteiger partial charge in [0.1, 0.15) is 0 Å². The van der Waals surface area contributed by atoms with E-state index in [1.165, 1.54) is 54.4 Å². The van der Waals surface area contributed by atoms with E-state index in [4.69, 9.17) is 5.73 Å². The quantitative estimate of drug-likeness (QED) is 0.566. The van der Waals surface area contributed by atoms with E-state index in [1.54, 1.807) is 0 Å². The van der Waals surface area contributed by atoms with Gasteiger partial charge in [-0.3, -0.25) is 0 Å². The number of hydrogen-bond acceptors (Lipinski definition) is 1. The van der Waals surface area contributed by atoms with Gasteiger partial charge in [-0.15, -0.1) is 0 Å². The molecule has 0 saturated heterocycles. The Morgan fingerprint density at radius 1 is 0.885 bits per heavy atom. The summed E-state index contributed by atoms with van der Waals surface area (Å²) in [6.07, 6.45) is 13.4. The SMILES string of the molecule is CCCC(C)(N)c1ccc(/C=C/c2ccc(C3CCCCC3)cc2)cc1. The smallest absolute Gasteiger partial charge is 0.0380 e. The Kier molecular flexibility index (Phi) is 6.32. The first-order chi connectivity index (χ1) is 12.6. The van der Waals surface area contributed by atoms with Gasteiger partial charge in [0.2, 0.25) is 0 Å². The van der Waals surface area contributed by atoms with Crippen molar-refractivity contribution >= 4 is 12.2 Å². The lowest BCUT2D eigenvalue weighted by molar-refractivity contribution is 0.443. The summed E-state index contributed by atoms with van der Waals surface area (Å²) in [5.74, 6) is 0.781. The molecule has 1 heteroatoms. The first-order valence-electron chi connectivity index (χ1n) is 10.3. The molecule has 2 aromatic carbocycles. The monoisotopic (exact) mass is 347 g/mol. The molecule has 26 heavy (non-hydrogen) atoms. The molecule has 0 heterocycles. The summed E-state index contributed by atoms with van der Waals surface area (Å²) >= 11 is 0. The van der Waals surface area contributed by atoms with Crippen molar-refractivity contribution < 1.29 is 0 Å². The zero-order valence-electron chi connectivity index (χ0n) is 16.4. The maximum Gasteiger partial charge on any atom is 0.0380 e. The molecule has 1 aliphatic carbocycles. The molecule has 2 aromatic rings. The van der Waals surface area contributed by atoms with Gasteiger partial charge < -0.3 is 5.73 Å². The van der Waals surface area contributed by atoms with E-state index in [-0.39, 0.29) is 5.54 Å². The van der Waals surface area contributed by atoms with Crippen LogP contribution in [-0.4, -0.2) is 0 Å². The Balaban J connectivity index is 1.64. The summed E-state index contributed by atoms with van der Waals surface area (Å²) in [6, 6.07) is 17.8. The Hall–Kier alpha value is -1.86. The van der Waals surface area contributed by atoms with Crippen LogP contribution in [0.4, 0.5) is 0 Å². The van der Waals surface area contributed by atoms with Gasteiger partial charge in [0.15, 0.2) is 0 Å². The van der Waals surface area contributed by atoms with Crippen molar-refractivity contribution in [3.63, 3.8) is 0 Å². The molecule has 1 atom stereocenters. The van der Waals surface area contributed by atoms with Crippen LogP contribution in [0.3, 0.4) is 0 Å². The molecule has 0 spiro atoms. The first-order valence-corrected chi connectivity index (χ1v) is 10.3. The highest BCUT2D eigenvalue weighted by atomic mass is 14.7. The second-order valence-electron chi connectivity index (χ2n) is 8.12. The second-order valence-corrected chi connectivity index (χ2v) is 8.12. The van der Waals surface area contributed by atoms with Crippen LogP contribution < -0.4 is 5.73 Å². The van der Waals surface area contributed by atoms with Crippen LogP contribution in [0.15, 0.2) is 48.5 Å². The van der Waals surface area contributed by atoms with Crippen LogP contribution in [0.2, 0.25) is 0 Å². The highest BCUT2D eigenvalue weighted by Crippen LogP contribution is 2.32. The van der Waals surface area contributed by atoms with Crippen molar-refractivity contribution in [2.24, 2.45) is 5.73 Å². The van der Waals surface area contributed by atoms with E-state index in [9.17, 15) is 0 Å². The summed E-state index contributed by atoms with van der Waals surface area (Å²) in [6.45, 7) is 4.30. The average molecular weight is 348 g/mol. The van der Waals surface area contributed by atoms with Gasteiger partial charge in [-0.05, 0) is 54.4 Å². The Labute approximate surface area is 159 Å². The van der Waals surface area contributed by atoms with Crippen molar-refractivity contribution in [1.29, 1.82) is 0 Å². The minimum absolute atomic E-state index is 0.230. The lowest BCUT2D eigenvalue weighted by Crippen LogP contribution is -2.32. The Bertz CT molecular complexity index is 701. The first kappa shape index (κ1) is 18.9. The van der Waals surface area contributed by atoms with Crippen LogP contribution >= 0.6 is 0 Å². The van der Waals surface area contributed by atoms with Crippen LogP contribution in [0.5, 0.6) is 0 Å². The number of benzene rings is 2. The molecule has 0 bridgehead atoms. The maximum absolute atomic E-state index is 6.42. The second kappa shape index (κ2) is 8.68. The molecule has 0 amide bonds. The number of rotatable bonds is 6. The third-order valence-corrected chi connectivity index (χ3v) is 5.82. The predicted octanol–water partition coefficient (Wildman–Crippen LogP) is 6.88. The van der Waals surface area contributed by atoms with Crippen LogP contribution in [0.25, 0.3) is 12.2 Å². The Morgan fingerprint density at radius 3 is 1.96 bits per heavy atom. The number of nitrogens with two attached hydrogens (primary N) is 1. The van der Waals surface area contributed by atoms with Crippen LogP contribution in [-0.2, 0) is 5.54 Å². The fourth-order valence-electron chi connectivity index (χ4n) is 4.15. The van der Waals surface area contributed by atoms with E-state index in [0.29, 0.717) is 0 Å². The highest BCUT2D eigenvalue weighted by molar-refractivity contribution is 5.69. The summed E-state index contributed by atoms with van der Waals surface area (Å²) in [4.78, 5) is 0. The van der Waals surface area contributed by atoms with Gasteiger partial charge in [0, 0.05) is 5.54 Å². The van der Waals surface area contributed by atoms with Gasteiger partial charge in [-0.25, -0.2) is 0 Å². The standard InChI is InChI=1S/C25H33N/c1-3-19-25(2,26)24-17-13-21(14-18-24)10-9-20-11-15-23(16-12-20)22-7-5-4-6-8-22/h9-18,22H,3-8,19,26H2,1-2H3/b10-9+. The number of hydrogen-bond donors (Lipinski definition) is 1. The van der Waals surface area contributed by atoms with Crippen molar-refractivity contribution in [3.8, 4) is 0 Å². The molecule has 1 saturated carbocycles. The minimum atomic E-state index is -0.230. The van der Waals surface area contributed by atoms with Crippen LogP contribution in [0, 0.1) is 0 Å². The molecule has 1 fully saturated rings. The lowest BCUT2D eigenvalue weighted by Gasteiger charge is -2.24. The van der Waals surface area contributed by atoms with Gasteiger partial charge in [0.05, 0.1) is 0 Å². The van der Waals surface area contributed by atoms with Gasteiger partial charge in [0.25, 0.3) is 0 Å². The average Bonchev–Trinajstić information content (AvgIpc) is 2.68. The third kappa shape index (κ3) is 4.86. The van der Waals surface area contributed by atoms with Crippen molar-refractivity contribution in [3.05, 3.63) is 70.8 Å². The van der Waals surface area contributed by atoms with E-state index >= 15 is 0 Å². The van der Waals surface area contributed by atoms with E-state index in [0.717, 1.165) is 18.8 Å². The van der Waals surface area contributed by atoms with E-state index in [2.05, 4.69) is 74.5 Å². The molecule has 3 rings (SSSR count). The molecule has 1 unspecified atom stereocenters. The third-order valence-electron chi connectivity index (χ3n) is 5.82. The van der Waals surface area contributed by atoms with Gasteiger partial charge >= 0.3 is 0 Å². The van der Waals surface area contributed by atoms with Gasteiger partial charge in [-0.1, -0.05) is 93.3 Å². The maximum atomic E-state index is 6.42. The Morgan fingerprint density at radius 2 is 1.42 bits per heavy atom. The lowest BCUT2D eigenvalue weighted by atomic mass is 9.84. The normalized spacial score (nSPS) is 18.1. The molecular weight excluding hydrogens is 314 g/mol. The summed E-state index contributed by atoms with van der Waals surface area (Å²) in [7, 11) is 0. The summed E-state index contributed by atoms with van der Waals surface area (Å²) < 4.78 is 0. The van der Waals surface area contributed by atoms with Crippen LogP contribution in [0.1, 0.15) is 87.0 Å². The molecule has 1 aliphatic rings. The van der Waals surface area contributed by atoms with Crippen molar-refractivity contribution in [2.45, 2.75) is 70.3 Å². The van der Waals surface area contributed by atoms with E-state index < -0.39 is 0 Å². The fourth-order valence-corrected chi connectivity index (χ4v) is 4.15. The summed E-state index contributed by atoms with van der Waals surface area (Å²) in [5, 5.41) is 0. The van der Waals surface area contributed by atoms with Crippen molar-refractivity contribution in [2.75, 3.05) is 0 Å². The molecule has 0 aliphatic heterocycles.